The molecule has 0 aromatic heterocycles. The number of Topliss-reactive ketones (excluding diaryl/α,β-unsaturated/α-hetero) is 1. The summed E-state index contributed by atoms with van der Waals surface area (Å²) in [5.41, 5.74) is 2.27. The predicted octanol–water partition coefficient (Wildman–Crippen LogP) is 1.90. The summed E-state index contributed by atoms with van der Waals surface area (Å²) in [6, 6.07) is 17.9. The summed E-state index contributed by atoms with van der Waals surface area (Å²) in [5, 5.41) is 2.69. The molecule has 6 nitrogen and oxygen atoms in total. The van der Waals surface area contributed by atoms with Gasteiger partial charge in [-0.1, -0.05) is 42.5 Å². The molecule has 2 aromatic rings. The lowest BCUT2D eigenvalue weighted by Crippen LogP contribution is -2.36. The Labute approximate surface area is 158 Å². The van der Waals surface area contributed by atoms with Gasteiger partial charge in [0.05, 0.1) is 6.61 Å². The highest BCUT2D eigenvalue weighted by atomic mass is 16.5. The van der Waals surface area contributed by atoms with Gasteiger partial charge in [-0.2, -0.15) is 0 Å². The maximum atomic E-state index is 12.0. The number of likely N-dealkylation sites (N-methyl/N-ethyl adjacent to an activating group) is 1. The first-order valence-electron chi connectivity index (χ1n) is 8.91. The number of hydrogen-bond acceptors (Lipinski definition) is 4. The van der Waals surface area contributed by atoms with Crippen LogP contribution in [0.1, 0.15) is 6.42 Å². The van der Waals surface area contributed by atoms with Crippen molar-refractivity contribution >= 4 is 17.6 Å². The van der Waals surface area contributed by atoms with Crippen LogP contribution in [0.25, 0.3) is 11.1 Å². The lowest BCUT2D eigenvalue weighted by Gasteiger charge is -2.11. The van der Waals surface area contributed by atoms with Crippen LogP contribution in [0.2, 0.25) is 0 Å². The molecule has 2 aromatic carbocycles. The number of ether oxygens (including phenoxy) is 1. The van der Waals surface area contributed by atoms with E-state index in [-0.39, 0.29) is 6.54 Å². The minimum Gasteiger partial charge on any atom is -0.494 e. The fourth-order valence-electron chi connectivity index (χ4n) is 2.95. The van der Waals surface area contributed by atoms with Gasteiger partial charge in [0, 0.05) is 20.1 Å². The van der Waals surface area contributed by atoms with E-state index in [2.05, 4.69) is 17.4 Å². The third-order valence-corrected chi connectivity index (χ3v) is 4.50. The molecule has 3 rings (SSSR count). The Bertz CT molecular complexity index is 818. The highest BCUT2D eigenvalue weighted by molar-refractivity contribution is 6.42. The van der Waals surface area contributed by atoms with Gasteiger partial charge in [-0.05, 0) is 29.7 Å². The highest BCUT2D eigenvalue weighted by Crippen LogP contribution is 2.22. The maximum absolute atomic E-state index is 12.0. The number of amides is 2. The van der Waals surface area contributed by atoms with Crippen molar-refractivity contribution in [3.05, 3.63) is 54.6 Å². The summed E-state index contributed by atoms with van der Waals surface area (Å²) in [4.78, 5) is 36.4. The summed E-state index contributed by atoms with van der Waals surface area (Å²) >= 11 is 0. The Morgan fingerprint density at radius 3 is 2.37 bits per heavy atom. The van der Waals surface area contributed by atoms with Crippen LogP contribution in [0.5, 0.6) is 5.75 Å². The zero-order valence-electron chi connectivity index (χ0n) is 15.2. The van der Waals surface area contributed by atoms with E-state index < -0.39 is 23.5 Å². The third-order valence-electron chi connectivity index (χ3n) is 4.50. The van der Waals surface area contributed by atoms with Crippen molar-refractivity contribution in [2.75, 3.05) is 26.7 Å². The topological polar surface area (TPSA) is 75.7 Å². The Balaban J connectivity index is 1.39. The van der Waals surface area contributed by atoms with E-state index in [4.69, 9.17) is 4.74 Å². The average molecular weight is 366 g/mol. The second kappa shape index (κ2) is 8.49. The highest BCUT2D eigenvalue weighted by Gasteiger charge is 2.41. The zero-order chi connectivity index (χ0) is 19.2. The standard InChI is InChI=1S/C21H22N2O4/c1-23-14-18(19(24)21(23)26)20(25)22-12-5-13-27-17-10-8-16(9-11-17)15-6-3-2-4-7-15/h2-4,6-11,18H,5,12-14H2,1H3,(H,22,25). The van der Waals surface area contributed by atoms with Gasteiger partial charge in [0.25, 0.3) is 5.91 Å². The van der Waals surface area contributed by atoms with Gasteiger partial charge in [0.15, 0.2) is 0 Å². The second-order valence-electron chi connectivity index (χ2n) is 6.49. The van der Waals surface area contributed by atoms with Crippen LogP contribution in [-0.2, 0) is 14.4 Å². The SMILES string of the molecule is CN1CC(C(=O)NCCCOc2ccc(-c3ccccc3)cc2)C(=O)C1=O. The summed E-state index contributed by atoms with van der Waals surface area (Å²) in [5.74, 6) is -1.76. The molecule has 1 N–H and O–H groups in total. The molecule has 0 spiro atoms. The Morgan fingerprint density at radius 2 is 1.74 bits per heavy atom. The molecule has 1 aliphatic heterocycles. The van der Waals surface area contributed by atoms with Gasteiger partial charge in [0.1, 0.15) is 11.7 Å². The Morgan fingerprint density at radius 1 is 1.07 bits per heavy atom. The van der Waals surface area contributed by atoms with Gasteiger partial charge in [-0.15, -0.1) is 0 Å². The van der Waals surface area contributed by atoms with E-state index >= 15 is 0 Å². The minimum absolute atomic E-state index is 0.147. The van der Waals surface area contributed by atoms with Crippen molar-refractivity contribution in [3.63, 3.8) is 0 Å². The van der Waals surface area contributed by atoms with Crippen molar-refractivity contribution in [1.82, 2.24) is 10.2 Å². The zero-order valence-corrected chi connectivity index (χ0v) is 15.2. The van der Waals surface area contributed by atoms with Crippen molar-refractivity contribution in [2.45, 2.75) is 6.42 Å². The van der Waals surface area contributed by atoms with Gasteiger partial charge in [-0.3, -0.25) is 14.4 Å². The number of likely N-dealkylation sites (tertiary alicyclic amines) is 1. The quantitative estimate of drug-likeness (QED) is 0.461. The van der Waals surface area contributed by atoms with Crippen LogP contribution in [0.15, 0.2) is 54.6 Å². The van der Waals surface area contributed by atoms with E-state index in [1.54, 1.807) is 0 Å². The minimum atomic E-state index is -0.894. The normalized spacial score (nSPS) is 16.5. The molecule has 0 radical (unpaired) electrons. The van der Waals surface area contributed by atoms with E-state index in [1.807, 2.05) is 42.5 Å². The molecule has 2 amide bonds. The monoisotopic (exact) mass is 366 g/mol. The maximum Gasteiger partial charge on any atom is 0.290 e. The van der Waals surface area contributed by atoms with Crippen molar-refractivity contribution < 1.29 is 19.1 Å². The van der Waals surface area contributed by atoms with Gasteiger partial charge < -0.3 is 15.0 Å². The number of ketones is 1. The number of nitrogens with zero attached hydrogens (tertiary/aromatic N) is 1. The first-order chi connectivity index (χ1) is 13.1. The molecule has 1 aliphatic rings. The van der Waals surface area contributed by atoms with Crippen LogP contribution >= 0.6 is 0 Å². The van der Waals surface area contributed by atoms with Crippen LogP contribution in [0.3, 0.4) is 0 Å². The largest absolute Gasteiger partial charge is 0.494 e. The summed E-state index contributed by atoms with van der Waals surface area (Å²) in [7, 11) is 1.52. The molecule has 1 unspecified atom stereocenters. The number of hydrogen-bond donors (Lipinski definition) is 1. The number of carbonyl (C=O) groups excluding carboxylic acids is 3. The van der Waals surface area contributed by atoms with Crippen molar-refractivity contribution in [2.24, 2.45) is 5.92 Å². The fraction of sp³-hybridized carbons (Fsp3) is 0.286. The van der Waals surface area contributed by atoms with Crippen molar-refractivity contribution in [3.8, 4) is 16.9 Å². The molecule has 27 heavy (non-hydrogen) atoms. The van der Waals surface area contributed by atoms with Crippen LogP contribution in [0.4, 0.5) is 0 Å². The van der Waals surface area contributed by atoms with Gasteiger partial charge >= 0.3 is 0 Å². The first-order valence-corrected chi connectivity index (χ1v) is 8.91. The summed E-state index contributed by atoms with van der Waals surface area (Å²) in [6.45, 7) is 0.985. The fourth-order valence-corrected chi connectivity index (χ4v) is 2.95. The lowest BCUT2D eigenvalue weighted by molar-refractivity contribution is -0.142. The van der Waals surface area contributed by atoms with Crippen molar-refractivity contribution in [1.29, 1.82) is 0 Å². The molecule has 1 fully saturated rings. The number of rotatable bonds is 7. The molecular weight excluding hydrogens is 344 g/mol. The van der Waals surface area contributed by atoms with E-state index in [9.17, 15) is 14.4 Å². The number of carbonyl (C=O) groups is 3. The second-order valence-corrected chi connectivity index (χ2v) is 6.49. The summed E-state index contributed by atoms with van der Waals surface area (Å²) < 4.78 is 5.68. The Kier molecular flexibility index (Phi) is 5.86. The van der Waals surface area contributed by atoms with Gasteiger partial charge in [-0.25, -0.2) is 0 Å². The molecule has 0 bridgehead atoms. The first kappa shape index (κ1) is 18.6. The van der Waals surface area contributed by atoms with E-state index in [0.29, 0.717) is 19.6 Å². The molecule has 140 valence electrons. The molecule has 1 heterocycles. The van der Waals surface area contributed by atoms with E-state index in [0.717, 1.165) is 16.9 Å². The molecule has 1 atom stereocenters. The Hall–Kier alpha value is -3.15. The molecule has 0 aliphatic carbocycles. The summed E-state index contributed by atoms with van der Waals surface area (Å²) in [6.07, 6.45) is 0.608. The molecule has 1 saturated heterocycles. The lowest BCUT2D eigenvalue weighted by atomic mass is 10.1. The smallest absolute Gasteiger partial charge is 0.290 e. The predicted molar refractivity (Wildman–Crippen MR) is 101 cm³/mol. The number of benzene rings is 2. The average Bonchev–Trinajstić information content (AvgIpc) is 2.96. The van der Waals surface area contributed by atoms with Crippen LogP contribution in [0, 0.1) is 5.92 Å². The molecular formula is C21H22N2O4. The van der Waals surface area contributed by atoms with Crippen LogP contribution in [-0.4, -0.2) is 49.2 Å². The van der Waals surface area contributed by atoms with E-state index in [1.165, 1.54) is 11.9 Å². The molecule has 6 heteroatoms. The van der Waals surface area contributed by atoms with Crippen LogP contribution < -0.4 is 10.1 Å². The third kappa shape index (κ3) is 4.53. The molecule has 0 saturated carbocycles. The van der Waals surface area contributed by atoms with Gasteiger partial charge in [0.2, 0.25) is 11.7 Å². The number of nitrogens with one attached hydrogen (secondary N) is 1.